The Kier molecular flexibility index (Phi) is 5.82. The van der Waals surface area contributed by atoms with Crippen LogP contribution in [0.2, 0.25) is 0 Å². The van der Waals surface area contributed by atoms with Gasteiger partial charge in [-0.05, 0) is 56.9 Å². The highest BCUT2D eigenvalue weighted by Gasteiger charge is 2.04. The summed E-state index contributed by atoms with van der Waals surface area (Å²) in [6.45, 7) is 1.91. The van der Waals surface area contributed by atoms with Crippen LogP contribution in [0.25, 0.3) is 20.5 Å². The fourth-order valence-electron chi connectivity index (χ4n) is 2.60. The van der Waals surface area contributed by atoms with E-state index in [1.165, 1.54) is 20.5 Å². The van der Waals surface area contributed by atoms with E-state index in [0.717, 1.165) is 29.3 Å². The van der Waals surface area contributed by atoms with Gasteiger partial charge in [0.1, 0.15) is 0 Å². The Morgan fingerprint density at radius 1 is 1.04 bits per heavy atom. The number of benzene rings is 2. The second-order valence-electron chi connectivity index (χ2n) is 6.04. The highest BCUT2D eigenvalue weighted by Crippen LogP contribution is 2.29. The molecule has 3 rings (SSSR count). The molecule has 4 heteroatoms. The topological polar surface area (TPSA) is 15.6 Å². The van der Waals surface area contributed by atoms with Gasteiger partial charge < -0.3 is 4.90 Å². The van der Waals surface area contributed by atoms with Crippen molar-refractivity contribution in [2.75, 3.05) is 27.2 Å². The maximum absolute atomic E-state index is 4.89. The Hall–Kier alpha value is -1.49. The molecular weight excluding hydrogens is 380 g/mol. The summed E-state index contributed by atoms with van der Waals surface area (Å²) >= 11 is 5.41. The minimum Gasteiger partial charge on any atom is -0.309 e. The maximum atomic E-state index is 4.89. The molecule has 0 bridgehead atoms. The third kappa shape index (κ3) is 4.32. The molecule has 0 aliphatic rings. The number of fused-ring (bicyclic) bond motifs is 1. The summed E-state index contributed by atoms with van der Waals surface area (Å²) < 4.78 is 2.37. The van der Waals surface area contributed by atoms with Crippen LogP contribution < -0.4 is 5.36 Å². The van der Waals surface area contributed by atoms with Crippen LogP contribution in [0.5, 0.6) is 0 Å². The molecule has 0 fully saturated rings. The molecule has 1 heterocycles. The van der Waals surface area contributed by atoms with Crippen LogP contribution in [0.1, 0.15) is 6.42 Å². The molecule has 24 heavy (non-hydrogen) atoms. The minimum absolute atomic E-state index is 0.850. The van der Waals surface area contributed by atoms with Crippen LogP contribution in [0, 0.1) is 0 Å². The summed E-state index contributed by atoms with van der Waals surface area (Å²) in [6, 6.07) is 19.2. The standard InChI is InChI=1S/C20H21BrN2S/c1-23(2)12-6-11-22-18-14-20(15-7-4-3-5-8-15)24-19-10-9-16(21)13-17(18)19/h3-5,7-10,13-14H,6,11-12H2,1-2H3. The van der Waals surface area contributed by atoms with Gasteiger partial charge in [-0.15, -0.1) is 11.3 Å². The van der Waals surface area contributed by atoms with E-state index in [1.54, 1.807) is 0 Å². The van der Waals surface area contributed by atoms with E-state index in [1.807, 2.05) is 11.3 Å². The zero-order valence-electron chi connectivity index (χ0n) is 14.0. The largest absolute Gasteiger partial charge is 0.309 e. The van der Waals surface area contributed by atoms with Crippen molar-refractivity contribution < 1.29 is 0 Å². The molecule has 0 aliphatic heterocycles. The molecule has 0 radical (unpaired) electrons. The summed E-state index contributed by atoms with van der Waals surface area (Å²) in [5.41, 5.74) is 1.25. The normalized spacial score (nSPS) is 12.2. The number of hydrogen-bond donors (Lipinski definition) is 0. The lowest BCUT2D eigenvalue weighted by molar-refractivity contribution is 0.403. The van der Waals surface area contributed by atoms with Gasteiger partial charge in [0.15, 0.2) is 0 Å². The number of nitrogens with zero attached hydrogens (tertiary/aromatic N) is 2. The number of rotatable bonds is 5. The highest BCUT2D eigenvalue weighted by molar-refractivity contribution is 9.10. The molecule has 3 aromatic rings. The Morgan fingerprint density at radius 3 is 2.58 bits per heavy atom. The second kappa shape index (κ2) is 8.06. The zero-order valence-corrected chi connectivity index (χ0v) is 16.4. The molecule has 0 saturated heterocycles. The van der Waals surface area contributed by atoms with Crippen LogP contribution >= 0.6 is 27.3 Å². The first-order chi connectivity index (χ1) is 11.6. The fourth-order valence-corrected chi connectivity index (χ4v) is 4.04. The van der Waals surface area contributed by atoms with Crippen molar-refractivity contribution in [3.05, 3.63) is 64.4 Å². The van der Waals surface area contributed by atoms with E-state index in [4.69, 9.17) is 4.99 Å². The van der Waals surface area contributed by atoms with Crippen molar-refractivity contribution in [1.82, 2.24) is 4.90 Å². The Morgan fingerprint density at radius 2 is 1.83 bits per heavy atom. The predicted octanol–water partition coefficient (Wildman–Crippen LogP) is 5.18. The minimum atomic E-state index is 0.850. The van der Waals surface area contributed by atoms with Crippen LogP contribution in [0.4, 0.5) is 0 Å². The Bertz CT molecular complexity index is 885. The third-order valence-electron chi connectivity index (χ3n) is 3.81. The Labute approximate surface area is 155 Å². The van der Waals surface area contributed by atoms with Gasteiger partial charge in [0.2, 0.25) is 0 Å². The monoisotopic (exact) mass is 400 g/mol. The smallest absolute Gasteiger partial charge is 0.0675 e. The van der Waals surface area contributed by atoms with Gasteiger partial charge >= 0.3 is 0 Å². The van der Waals surface area contributed by atoms with Crippen molar-refractivity contribution in [3.8, 4) is 10.4 Å². The molecule has 0 spiro atoms. The molecule has 124 valence electrons. The number of hydrogen-bond acceptors (Lipinski definition) is 3. The van der Waals surface area contributed by atoms with Gasteiger partial charge in [0, 0.05) is 26.0 Å². The van der Waals surface area contributed by atoms with Crippen molar-refractivity contribution in [3.63, 3.8) is 0 Å². The summed E-state index contributed by atoms with van der Waals surface area (Å²) in [5, 5.41) is 2.31. The molecule has 2 nitrogen and oxygen atoms in total. The van der Waals surface area contributed by atoms with Gasteiger partial charge in [-0.25, -0.2) is 0 Å². The van der Waals surface area contributed by atoms with E-state index in [2.05, 4.69) is 89.5 Å². The van der Waals surface area contributed by atoms with Gasteiger partial charge in [-0.3, -0.25) is 4.99 Å². The molecule has 0 saturated carbocycles. The van der Waals surface area contributed by atoms with E-state index >= 15 is 0 Å². The van der Waals surface area contributed by atoms with Gasteiger partial charge in [-0.1, -0.05) is 46.3 Å². The van der Waals surface area contributed by atoms with Gasteiger partial charge in [-0.2, -0.15) is 0 Å². The first kappa shape index (κ1) is 17.3. The summed E-state index contributed by atoms with van der Waals surface area (Å²) in [7, 11) is 4.20. The lowest BCUT2D eigenvalue weighted by Crippen LogP contribution is -2.14. The summed E-state index contributed by atoms with van der Waals surface area (Å²) in [4.78, 5) is 8.35. The summed E-state index contributed by atoms with van der Waals surface area (Å²) in [5.74, 6) is 0. The van der Waals surface area contributed by atoms with Crippen LogP contribution in [0.3, 0.4) is 0 Å². The molecule has 0 atom stereocenters. The van der Waals surface area contributed by atoms with Crippen molar-refractivity contribution in [2.24, 2.45) is 4.99 Å². The van der Waals surface area contributed by atoms with Gasteiger partial charge in [0.05, 0.1) is 5.36 Å². The summed E-state index contributed by atoms with van der Waals surface area (Å²) in [6.07, 6.45) is 1.07. The SMILES string of the molecule is CN(C)CCCN=c1cc(-c2ccccc2)sc2ccc(Br)cc12. The highest BCUT2D eigenvalue weighted by atomic mass is 79.9. The van der Waals surface area contributed by atoms with E-state index in [0.29, 0.717) is 0 Å². The predicted molar refractivity (Wildman–Crippen MR) is 109 cm³/mol. The Balaban J connectivity index is 2.07. The van der Waals surface area contributed by atoms with E-state index in [-0.39, 0.29) is 0 Å². The van der Waals surface area contributed by atoms with Crippen molar-refractivity contribution in [1.29, 1.82) is 0 Å². The second-order valence-corrected chi connectivity index (χ2v) is 8.04. The fraction of sp³-hybridized carbons (Fsp3) is 0.250. The average molecular weight is 401 g/mol. The maximum Gasteiger partial charge on any atom is 0.0675 e. The zero-order chi connectivity index (χ0) is 16.9. The molecule has 0 N–H and O–H groups in total. The van der Waals surface area contributed by atoms with Gasteiger partial charge in [0.25, 0.3) is 0 Å². The van der Waals surface area contributed by atoms with Crippen molar-refractivity contribution in [2.45, 2.75) is 6.42 Å². The quantitative estimate of drug-likeness (QED) is 0.538. The first-order valence-corrected chi connectivity index (χ1v) is 9.68. The molecular formula is C20H21BrN2S. The number of halogens is 1. The van der Waals surface area contributed by atoms with Crippen LogP contribution in [-0.4, -0.2) is 32.1 Å². The van der Waals surface area contributed by atoms with Crippen molar-refractivity contribution >= 4 is 37.4 Å². The average Bonchev–Trinajstić information content (AvgIpc) is 2.59. The molecule has 1 aromatic heterocycles. The lowest BCUT2D eigenvalue weighted by Gasteiger charge is -2.08. The van der Waals surface area contributed by atoms with Crippen LogP contribution in [0.15, 0.2) is 64.1 Å². The molecule has 0 aliphatic carbocycles. The molecule has 0 amide bonds. The third-order valence-corrected chi connectivity index (χ3v) is 5.45. The molecule has 0 unspecified atom stereocenters. The van der Waals surface area contributed by atoms with E-state index < -0.39 is 0 Å². The first-order valence-electron chi connectivity index (χ1n) is 8.07. The lowest BCUT2D eigenvalue weighted by atomic mass is 10.1. The van der Waals surface area contributed by atoms with Crippen LogP contribution in [-0.2, 0) is 0 Å². The van der Waals surface area contributed by atoms with E-state index in [9.17, 15) is 0 Å². The molecule has 2 aromatic carbocycles.